The molecule has 0 saturated carbocycles. The number of nitrogens with zero attached hydrogens (tertiary/aromatic N) is 2. The molecule has 0 radical (unpaired) electrons. The van der Waals surface area contributed by atoms with Gasteiger partial charge >= 0.3 is 6.03 Å². The zero-order chi connectivity index (χ0) is 17.8. The first kappa shape index (κ1) is 16.7. The quantitative estimate of drug-likeness (QED) is 0.842. The number of urea groups is 1. The number of hydrogen-bond acceptors (Lipinski definition) is 4. The van der Waals surface area contributed by atoms with Gasteiger partial charge in [-0.15, -0.1) is 0 Å². The second-order valence-corrected chi connectivity index (χ2v) is 5.92. The Morgan fingerprint density at radius 3 is 2.40 bits per heavy atom. The standard InChI is InChI=1S/C19H20N4O2/c1-13(24)14-6-8-16(9-7-14)21-19(25)22-17-5-3-4-15(12-17)18-20-10-11-23(18)2/h3-9,12H,10-11H2,1-2H3,(H2,21,22,25). The second-order valence-electron chi connectivity index (χ2n) is 5.92. The average molecular weight is 336 g/mol. The number of Topliss-reactive ketones (excluding diaryl/α,β-unsaturated/α-hetero) is 1. The number of hydrogen-bond donors (Lipinski definition) is 2. The third-order valence-electron chi connectivity index (χ3n) is 3.99. The van der Waals surface area contributed by atoms with Crippen LogP contribution < -0.4 is 10.6 Å². The first-order valence-electron chi connectivity index (χ1n) is 8.08. The van der Waals surface area contributed by atoms with Gasteiger partial charge in [0.25, 0.3) is 0 Å². The van der Waals surface area contributed by atoms with Crippen LogP contribution in [0.15, 0.2) is 53.5 Å². The van der Waals surface area contributed by atoms with E-state index in [-0.39, 0.29) is 11.8 Å². The van der Waals surface area contributed by atoms with Crippen LogP contribution in [-0.2, 0) is 0 Å². The van der Waals surface area contributed by atoms with Crippen molar-refractivity contribution in [3.63, 3.8) is 0 Å². The van der Waals surface area contributed by atoms with Crippen molar-refractivity contribution in [2.75, 3.05) is 30.8 Å². The van der Waals surface area contributed by atoms with E-state index in [1.807, 2.05) is 31.3 Å². The lowest BCUT2D eigenvalue weighted by Gasteiger charge is -2.15. The van der Waals surface area contributed by atoms with Crippen molar-refractivity contribution in [2.45, 2.75) is 6.92 Å². The molecule has 0 unspecified atom stereocenters. The van der Waals surface area contributed by atoms with Crippen molar-refractivity contribution in [1.82, 2.24) is 4.90 Å². The monoisotopic (exact) mass is 336 g/mol. The summed E-state index contributed by atoms with van der Waals surface area (Å²) in [5.41, 5.74) is 2.90. The zero-order valence-corrected chi connectivity index (χ0v) is 14.2. The molecular weight excluding hydrogens is 316 g/mol. The summed E-state index contributed by atoms with van der Waals surface area (Å²) in [6, 6.07) is 14.0. The van der Waals surface area contributed by atoms with Crippen LogP contribution in [0, 0.1) is 0 Å². The Morgan fingerprint density at radius 2 is 1.76 bits per heavy atom. The van der Waals surface area contributed by atoms with Crippen LogP contribution >= 0.6 is 0 Å². The number of nitrogens with one attached hydrogen (secondary N) is 2. The minimum Gasteiger partial charge on any atom is -0.358 e. The number of carbonyl (C=O) groups excluding carboxylic acids is 2. The van der Waals surface area contributed by atoms with E-state index in [1.165, 1.54) is 6.92 Å². The van der Waals surface area contributed by atoms with Gasteiger partial charge in [-0.25, -0.2) is 4.79 Å². The molecule has 3 rings (SSSR count). The molecule has 1 aliphatic rings. The summed E-state index contributed by atoms with van der Waals surface area (Å²) >= 11 is 0. The first-order chi connectivity index (χ1) is 12.0. The first-order valence-corrected chi connectivity index (χ1v) is 8.08. The summed E-state index contributed by atoms with van der Waals surface area (Å²) in [4.78, 5) is 30.0. The normalized spacial score (nSPS) is 13.4. The number of amides is 2. The largest absolute Gasteiger partial charge is 0.358 e. The topological polar surface area (TPSA) is 73.8 Å². The average Bonchev–Trinajstić information content (AvgIpc) is 3.01. The van der Waals surface area contributed by atoms with Gasteiger partial charge in [0.15, 0.2) is 5.78 Å². The summed E-state index contributed by atoms with van der Waals surface area (Å²) in [7, 11) is 2.00. The van der Waals surface area contributed by atoms with Crippen molar-refractivity contribution >= 4 is 29.0 Å². The van der Waals surface area contributed by atoms with Gasteiger partial charge < -0.3 is 15.5 Å². The maximum Gasteiger partial charge on any atom is 0.323 e. The summed E-state index contributed by atoms with van der Waals surface area (Å²) in [6.07, 6.45) is 0. The summed E-state index contributed by atoms with van der Waals surface area (Å²) in [5.74, 6) is 0.927. The number of anilines is 2. The van der Waals surface area contributed by atoms with Crippen LogP contribution in [-0.4, -0.2) is 42.7 Å². The van der Waals surface area contributed by atoms with Gasteiger partial charge in [-0.3, -0.25) is 9.79 Å². The smallest absolute Gasteiger partial charge is 0.323 e. The van der Waals surface area contributed by atoms with Crippen molar-refractivity contribution in [3.05, 3.63) is 59.7 Å². The zero-order valence-electron chi connectivity index (χ0n) is 14.2. The van der Waals surface area contributed by atoms with Gasteiger partial charge in [0.05, 0.1) is 6.54 Å². The van der Waals surface area contributed by atoms with Gasteiger partial charge in [0, 0.05) is 36.1 Å². The van der Waals surface area contributed by atoms with E-state index in [0.29, 0.717) is 16.9 Å². The Kier molecular flexibility index (Phi) is 4.79. The van der Waals surface area contributed by atoms with Crippen LogP contribution in [0.5, 0.6) is 0 Å². The highest BCUT2D eigenvalue weighted by atomic mass is 16.2. The molecule has 2 aromatic rings. The number of amidine groups is 1. The highest BCUT2D eigenvalue weighted by molar-refractivity contribution is 6.03. The van der Waals surface area contributed by atoms with Crippen LogP contribution in [0.3, 0.4) is 0 Å². The Bertz CT molecular complexity index is 828. The molecule has 25 heavy (non-hydrogen) atoms. The molecule has 1 aliphatic heterocycles. The SMILES string of the molecule is CC(=O)c1ccc(NC(=O)Nc2cccc(C3=NCCN3C)c2)cc1. The fourth-order valence-corrected chi connectivity index (χ4v) is 2.66. The fraction of sp³-hybridized carbons (Fsp3) is 0.211. The Morgan fingerprint density at radius 1 is 1.04 bits per heavy atom. The number of ketones is 1. The van der Waals surface area contributed by atoms with Crippen molar-refractivity contribution < 1.29 is 9.59 Å². The van der Waals surface area contributed by atoms with Crippen molar-refractivity contribution in [3.8, 4) is 0 Å². The van der Waals surface area contributed by atoms with E-state index < -0.39 is 0 Å². The number of aliphatic imine (C=N–C) groups is 1. The molecule has 0 fully saturated rings. The fourth-order valence-electron chi connectivity index (χ4n) is 2.66. The molecule has 0 saturated heterocycles. The van der Waals surface area contributed by atoms with E-state index in [9.17, 15) is 9.59 Å². The van der Waals surface area contributed by atoms with Gasteiger partial charge in [0.2, 0.25) is 0 Å². The molecule has 6 heteroatoms. The predicted molar refractivity (Wildman–Crippen MR) is 99.6 cm³/mol. The van der Waals surface area contributed by atoms with Gasteiger partial charge in [-0.1, -0.05) is 12.1 Å². The molecule has 1 heterocycles. The van der Waals surface area contributed by atoms with E-state index in [4.69, 9.17) is 0 Å². The molecule has 6 nitrogen and oxygen atoms in total. The molecule has 0 aromatic heterocycles. The molecule has 0 bridgehead atoms. The maximum atomic E-state index is 12.2. The van der Waals surface area contributed by atoms with E-state index >= 15 is 0 Å². The Balaban J connectivity index is 1.66. The third-order valence-corrected chi connectivity index (χ3v) is 3.99. The lowest BCUT2D eigenvalue weighted by molar-refractivity contribution is 0.101. The van der Waals surface area contributed by atoms with E-state index in [1.54, 1.807) is 24.3 Å². The van der Waals surface area contributed by atoms with Crippen molar-refractivity contribution in [1.29, 1.82) is 0 Å². The van der Waals surface area contributed by atoms with Gasteiger partial charge in [0.1, 0.15) is 5.84 Å². The van der Waals surface area contributed by atoms with E-state index in [0.717, 1.165) is 24.5 Å². The van der Waals surface area contributed by atoms with Crippen LogP contribution in [0.1, 0.15) is 22.8 Å². The molecule has 128 valence electrons. The summed E-state index contributed by atoms with van der Waals surface area (Å²) in [5, 5.41) is 5.57. The summed E-state index contributed by atoms with van der Waals surface area (Å²) < 4.78 is 0. The van der Waals surface area contributed by atoms with Crippen molar-refractivity contribution in [2.24, 2.45) is 4.99 Å². The minimum absolute atomic E-state index is 0.00684. The van der Waals surface area contributed by atoms with Gasteiger partial charge in [-0.2, -0.15) is 0 Å². The Hall–Kier alpha value is -3.15. The minimum atomic E-state index is -0.338. The highest BCUT2D eigenvalue weighted by Crippen LogP contribution is 2.16. The molecule has 2 aromatic carbocycles. The number of benzene rings is 2. The van der Waals surface area contributed by atoms with Crippen LogP contribution in [0.25, 0.3) is 0 Å². The molecule has 2 amide bonds. The molecule has 2 N–H and O–H groups in total. The van der Waals surface area contributed by atoms with Crippen LogP contribution in [0.4, 0.5) is 16.2 Å². The molecule has 0 aliphatic carbocycles. The highest BCUT2D eigenvalue weighted by Gasteiger charge is 2.15. The van der Waals surface area contributed by atoms with Crippen LogP contribution in [0.2, 0.25) is 0 Å². The Labute approximate surface area is 146 Å². The maximum absolute atomic E-state index is 12.2. The molecule has 0 spiro atoms. The number of carbonyl (C=O) groups is 2. The number of likely N-dealkylation sites (N-methyl/N-ethyl adjacent to an activating group) is 1. The predicted octanol–water partition coefficient (Wildman–Crippen LogP) is 3.23. The lowest BCUT2D eigenvalue weighted by atomic mass is 10.1. The summed E-state index contributed by atoms with van der Waals surface area (Å²) in [6.45, 7) is 3.21. The van der Waals surface area contributed by atoms with Gasteiger partial charge in [-0.05, 0) is 43.3 Å². The second kappa shape index (κ2) is 7.17. The lowest BCUT2D eigenvalue weighted by Crippen LogP contribution is -2.24. The molecule has 0 atom stereocenters. The van der Waals surface area contributed by atoms with E-state index in [2.05, 4.69) is 20.5 Å². The number of rotatable bonds is 4. The third kappa shape index (κ3) is 4.03. The molecular formula is C19H20N4O2.